The van der Waals surface area contributed by atoms with Crippen LogP contribution in [0.3, 0.4) is 0 Å². The number of benzene rings is 2. The Morgan fingerprint density at radius 2 is 1.79 bits per heavy atom. The van der Waals surface area contributed by atoms with E-state index in [1.165, 1.54) is 24.3 Å². The summed E-state index contributed by atoms with van der Waals surface area (Å²) in [5.74, 6) is -0.552. The summed E-state index contributed by atoms with van der Waals surface area (Å²) in [6, 6.07) is 11.3. The second kappa shape index (κ2) is 5.52. The zero-order valence-electron chi connectivity index (χ0n) is 10.8. The van der Waals surface area contributed by atoms with Gasteiger partial charge in [0, 0.05) is 18.4 Å². The monoisotopic (exact) mass is 258 g/mol. The first-order valence-electron chi connectivity index (χ1n) is 5.95. The van der Waals surface area contributed by atoms with Crippen LogP contribution in [0.5, 0.6) is 0 Å². The van der Waals surface area contributed by atoms with Crippen molar-refractivity contribution in [1.82, 2.24) is 0 Å². The number of rotatable bonds is 3. The van der Waals surface area contributed by atoms with Crippen LogP contribution in [0.15, 0.2) is 42.5 Å². The number of carbonyl (C=O) groups is 1. The SMILES string of the molecule is CNc1ccc(C)cc1C(=O)Nc1ccc(F)cc1. The molecule has 3 nitrogen and oxygen atoms in total. The summed E-state index contributed by atoms with van der Waals surface area (Å²) in [5, 5.41) is 5.72. The fraction of sp³-hybridized carbons (Fsp3) is 0.133. The average molecular weight is 258 g/mol. The molecule has 1 amide bonds. The van der Waals surface area contributed by atoms with E-state index in [1.54, 1.807) is 7.05 Å². The summed E-state index contributed by atoms with van der Waals surface area (Å²) in [5.41, 5.74) is 2.88. The summed E-state index contributed by atoms with van der Waals surface area (Å²) in [6.45, 7) is 1.92. The summed E-state index contributed by atoms with van der Waals surface area (Å²) in [6.07, 6.45) is 0. The van der Waals surface area contributed by atoms with Crippen LogP contribution in [0.2, 0.25) is 0 Å². The number of hydrogen-bond donors (Lipinski definition) is 2. The molecule has 19 heavy (non-hydrogen) atoms. The van der Waals surface area contributed by atoms with Crippen LogP contribution in [-0.2, 0) is 0 Å². The summed E-state index contributed by atoms with van der Waals surface area (Å²) in [4.78, 5) is 12.2. The maximum Gasteiger partial charge on any atom is 0.257 e. The minimum absolute atomic E-state index is 0.223. The molecule has 0 unspecified atom stereocenters. The Bertz CT molecular complexity index is 594. The number of aryl methyl sites for hydroxylation is 1. The molecule has 0 bridgehead atoms. The zero-order chi connectivity index (χ0) is 13.8. The highest BCUT2D eigenvalue weighted by Gasteiger charge is 2.11. The van der Waals surface area contributed by atoms with Crippen LogP contribution in [0.4, 0.5) is 15.8 Å². The highest BCUT2D eigenvalue weighted by atomic mass is 19.1. The third-order valence-electron chi connectivity index (χ3n) is 2.79. The van der Waals surface area contributed by atoms with Crippen molar-refractivity contribution in [2.75, 3.05) is 17.7 Å². The number of nitrogens with one attached hydrogen (secondary N) is 2. The van der Waals surface area contributed by atoms with Gasteiger partial charge in [0.25, 0.3) is 5.91 Å². The van der Waals surface area contributed by atoms with Gasteiger partial charge < -0.3 is 10.6 Å². The first kappa shape index (κ1) is 13.1. The lowest BCUT2D eigenvalue weighted by Gasteiger charge is -2.10. The molecule has 0 saturated carbocycles. The van der Waals surface area contributed by atoms with Crippen LogP contribution >= 0.6 is 0 Å². The average Bonchev–Trinajstić information content (AvgIpc) is 2.41. The highest BCUT2D eigenvalue weighted by molar-refractivity contribution is 6.08. The van der Waals surface area contributed by atoms with E-state index < -0.39 is 0 Å². The Morgan fingerprint density at radius 1 is 1.11 bits per heavy atom. The van der Waals surface area contributed by atoms with Crippen molar-refractivity contribution in [3.63, 3.8) is 0 Å². The topological polar surface area (TPSA) is 41.1 Å². The highest BCUT2D eigenvalue weighted by Crippen LogP contribution is 2.19. The van der Waals surface area contributed by atoms with E-state index in [2.05, 4.69) is 10.6 Å². The minimum atomic E-state index is -0.329. The predicted octanol–water partition coefficient (Wildman–Crippen LogP) is 3.43. The van der Waals surface area contributed by atoms with Gasteiger partial charge in [-0.05, 0) is 43.3 Å². The molecule has 0 aliphatic heterocycles. The lowest BCUT2D eigenvalue weighted by atomic mass is 10.1. The van der Waals surface area contributed by atoms with E-state index in [0.717, 1.165) is 11.3 Å². The number of anilines is 2. The van der Waals surface area contributed by atoms with Gasteiger partial charge in [-0.3, -0.25) is 4.79 Å². The molecule has 0 saturated heterocycles. The van der Waals surface area contributed by atoms with Crippen LogP contribution in [-0.4, -0.2) is 13.0 Å². The molecule has 0 aliphatic rings. The Morgan fingerprint density at radius 3 is 2.42 bits per heavy atom. The van der Waals surface area contributed by atoms with Gasteiger partial charge >= 0.3 is 0 Å². The summed E-state index contributed by atoms with van der Waals surface area (Å²) < 4.78 is 12.8. The van der Waals surface area contributed by atoms with Crippen molar-refractivity contribution < 1.29 is 9.18 Å². The Balaban J connectivity index is 2.24. The van der Waals surface area contributed by atoms with E-state index in [9.17, 15) is 9.18 Å². The lowest BCUT2D eigenvalue weighted by molar-refractivity contribution is 0.102. The molecule has 0 atom stereocenters. The van der Waals surface area contributed by atoms with Crippen molar-refractivity contribution in [3.8, 4) is 0 Å². The first-order chi connectivity index (χ1) is 9.10. The van der Waals surface area contributed by atoms with E-state index in [4.69, 9.17) is 0 Å². The van der Waals surface area contributed by atoms with Crippen molar-refractivity contribution in [2.24, 2.45) is 0 Å². The molecular formula is C15H15FN2O. The van der Waals surface area contributed by atoms with Crippen molar-refractivity contribution in [1.29, 1.82) is 0 Å². The van der Waals surface area contributed by atoms with E-state index in [-0.39, 0.29) is 11.7 Å². The van der Waals surface area contributed by atoms with E-state index in [1.807, 2.05) is 25.1 Å². The molecule has 2 aromatic carbocycles. The van der Waals surface area contributed by atoms with Gasteiger partial charge in [0.05, 0.1) is 5.56 Å². The van der Waals surface area contributed by atoms with Gasteiger partial charge in [-0.1, -0.05) is 11.6 Å². The standard InChI is InChI=1S/C15H15FN2O/c1-10-3-8-14(17-2)13(9-10)15(19)18-12-6-4-11(16)5-7-12/h3-9,17H,1-2H3,(H,18,19). The molecule has 4 heteroatoms. The zero-order valence-corrected chi connectivity index (χ0v) is 10.8. The first-order valence-corrected chi connectivity index (χ1v) is 5.95. The van der Waals surface area contributed by atoms with E-state index >= 15 is 0 Å². The second-order valence-corrected chi connectivity index (χ2v) is 4.26. The molecule has 0 heterocycles. The maximum absolute atomic E-state index is 12.8. The Hall–Kier alpha value is -2.36. The van der Waals surface area contributed by atoms with Gasteiger partial charge in [-0.15, -0.1) is 0 Å². The molecule has 0 spiro atoms. The number of amides is 1. The van der Waals surface area contributed by atoms with Gasteiger partial charge in [0.15, 0.2) is 0 Å². The third-order valence-corrected chi connectivity index (χ3v) is 2.79. The minimum Gasteiger partial charge on any atom is -0.387 e. The third kappa shape index (κ3) is 3.10. The van der Waals surface area contributed by atoms with Crippen LogP contribution < -0.4 is 10.6 Å². The van der Waals surface area contributed by atoms with Crippen molar-refractivity contribution >= 4 is 17.3 Å². The molecule has 98 valence electrons. The van der Waals surface area contributed by atoms with Crippen LogP contribution in [0, 0.1) is 12.7 Å². The summed E-state index contributed by atoms with van der Waals surface area (Å²) >= 11 is 0. The van der Waals surface area contributed by atoms with Crippen LogP contribution in [0.25, 0.3) is 0 Å². The van der Waals surface area contributed by atoms with Gasteiger partial charge in [0.1, 0.15) is 5.82 Å². The largest absolute Gasteiger partial charge is 0.387 e. The van der Waals surface area contributed by atoms with Gasteiger partial charge in [-0.25, -0.2) is 4.39 Å². The molecule has 2 aromatic rings. The maximum atomic E-state index is 12.8. The van der Waals surface area contributed by atoms with E-state index in [0.29, 0.717) is 11.3 Å². The lowest BCUT2D eigenvalue weighted by Crippen LogP contribution is -2.14. The molecular weight excluding hydrogens is 243 g/mol. The molecule has 0 radical (unpaired) electrons. The smallest absolute Gasteiger partial charge is 0.257 e. The summed E-state index contributed by atoms with van der Waals surface area (Å²) in [7, 11) is 1.76. The van der Waals surface area contributed by atoms with Crippen molar-refractivity contribution in [2.45, 2.75) is 6.92 Å². The Labute approximate surface area is 111 Å². The van der Waals surface area contributed by atoms with Gasteiger partial charge in [0.2, 0.25) is 0 Å². The molecule has 0 aromatic heterocycles. The normalized spacial score (nSPS) is 10.1. The van der Waals surface area contributed by atoms with Crippen molar-refractivity contribution in [3.05, 3.63) is 59.4 Å². The second-order valence-electron chi connectivity index (χ2n) is 4.26. The Kier molecular flexibility index (Phi) is 3.80. The molecule has 0 fully saturated rings. The fourth-order valence-electron chi connectivity index (χ4n) is 1.80. The predicted molar refractivity (Wildman–Crippen MR) is 75.1 cm³/mol. The van der Waals surface area contributed by atoms with Gasteiger partial charge in [-0.2, -0.15) is 0 Å². The molecule has 2 N–H and O–H groups in total. The number of hydrogen-bond acceptors (Lipinski definition) is 2. The molecule has 0 aliphatic carbocycles. The number of halogens is 1. The molecule has 2 rings (SSSR count). The quantitative estimate of drug-likeness (QED) is 0.885. The fourth-order valence-corrected chi connectivity index (χ4v) is 1.80. The number of carbonyl (C=O) groups excluding carboxylic acids is 1. The van der Waals surface area contributed by atoms with Crippen LogP contribution in [0.1, 0.15) is 15.9 Å².